The summed E-state index contributed by atoms with van der Waals surface area (Å²) in [7, 11) is 1.70. The quantitative estimate of drug-likeness (QED) is 0.569. The van der Waals surface area contributed by atoms with Crippen molar-refractivity contribution in [1.82, 2.24) is 15.1 Å². The number of carbonyl (C=O) groups is 1. The van der Waals surface area contributed by atoms with E-state index in [1.165, 1.54) is 5.56 Å². The van der Waals surface area contributed by atoms with Crippen LogP contribution in [0.4, 0.5) is 0 Å². The van der Waals surface area contributed by atoms with E-state index in [9.17, 15) is 4.79 Å². The van der Waals surface area contributed by atoms with E-state index in [-0.39, 0.29) is 30.7 Å². The molecule has 0 bridgehead atoms. The van der Waals surface area contributed by atoms with Crippen molar-refractivity contribution < 1.29 is 9.53 Å². The average Bonchev–Trinajstić information content (AvgIpc) is 3.18. The Balaban J connectivity index is 0.00000210. The van der Waals surface area contributed by atoms with Gasteiger partial charge in [0.1, 0.15) is 5.75 Å². The number of nitrogens with zero attached hydrogens (tertiary/aromatic N) is 2. The number of rotatable bonds is 8. The lowest BCUT2D eigenvalue weighted by atomic mass is 10.2. The number of benzene rings is 1. The SMILES string of the molecule is COc1ccc(Br)c(CN2CCN(CCNC(=O)Cc3cccs3)CC2)c1.Cl.Cl. The molecule has 1 aromatic carbocycles. The van der Waals surface area contributed by atoms with Gasteiger partial charge in [-0.15, -0.1) is 36.2 Å². The third-order valence-corrected chi connectivity index (χ3v) is 6.43. The van der Waals surface area contributed by atoms with Gasteiger partial charge in [-0.25, -0.2) is 0 Å². The van der Waals surface area contributed by atoms with E-state index in [0.29, 0.717) is 13.0 Å². The van der Waals surface area contributed by atoms with E-state index in [4.69, 9.17) is 4.74 Å². The molecule has 2 heterocycles. The molecule has 0 spiro atoms. The van der Waals surface area contributed by atoms with Gasteiger partial charge in [0.2, 0.25) is 5.91 Å². The Kier molecular flexibility index (Phi) is 12.2. The zero-order valence-corrected chi connectivity index (χ0v) is 20.5. The maximum atomic E-state index is 11.9. The first kappa shape index (κ1) is 26.2. The standard InChI is InChI=1S/C20H26BrN3O2S.2ClH/c1-26-17-4-5-19(21)16(13-17)15-24-10-8-23(9-11-24)7-6-22-20(25)14-18-3-2-12-27-18;;/h2-5,12-13H,6-11,14-15H2,1H3,(H,22,25);2*1H. The summed E-state index contributed by atoms with van der Waals surface area (Å²) in [6.45, 7) is 6.67. The van der Waals surface area contributed by atoms with Gasteiger partial charge < -0.3 is 10.1 Å². The molecule has 0 radical (unpaired) electrons. The smallest absolute Gasteiger partial charge is 0.225 e. The highest BCUT2D eigenvalue weighted by Gasteiger charge is 2.18. The summed E-state index contributed by atoms with van der Waals surface area (Å²) in [6, 6.07) is 10.1. The minimum atomic E-state index is 0. The van der Waals surface area contributed by atoms with E-state index in [1.54, 1.807) is 18.4 Å². The van der Waals surface area contributed by atoms with Gasteiger partial charge in [0.05, 0.1) is 13.5 Å². The van der Waals surface area contributed by atoms with Gasteiger partial charge in [-0.05, 0) is 35.2 Å². The molecule has 1 aliphatic heterocycles. The minimum absolute atomic E-state index is 0. The molecular formula is C20H28BrCl2N3O2S. The molecule has 1 saturated heterocycles. The number of thiophene rings is 1. The first-order valence-corrected chi connectivity index (χ1v) is 10.9. The number of hydrogen-bond acceptors (Lipinski definition) is 5. The molecule has 5 nitrogen and oxygen atoms in total. The lowest BCUT2D eigenvalue weighted by molar-refractivity contribution is -0.120. The summed E-state index contributed by atoms with van der Waals surface area (Å²) in [5.41, 5.74) is 1.25. The van der Waals surface area contributed by atoms with Crippen molar-refractivity contribution in [2.75, 3.05) is 46.4 Å². The van der Waals surface area contributed by atoms with Gasteiger partial charge in [-0.2, -0.15) is 0 Å². The van der Waals surface area contributed by atoms with Gasteiger partial charge in [-0.3, -0.25) is 14.6 Å². The number of ether oxygens (including phenoxy) is 1. The Bertz CT molecular complexity index is 741. The highest BCUT2D eigenvalue weighted by molar-refractivity contribution is 9.10. The van der Waals surface area contributed by atoms with Crippen LogP contribution in [0.25, 0.3) is 0 Å². The third kappa shape index (κ3) is 8.44. The maximum absolute atomic E-state index is 11.9. The summed E-state index contributed by atoms with van der Waals surface area (Å²) < 4.78 is 6.46. The predicted octanol–water partition coefficient (Wildman–Crippen LogP) is 3.84. The minimum Gasteiger partial charge on any atom is -0.497 e. The van der Waals surface area contributed by atoms with Gasteiger partial charge in [0, 0.05) is 55.2 Å². The first-order chi connectivity index (χ1) is 13.1. The molecule has 29 heavy (non-hydrogen) atoms. The zero-order valence-electron chi connectivity index (χ0n) is 16.4. The molecule has 2 aromatic rings. The van der Waals surface area contributed by atoms with Crippen molar-refractivity contribution in [3.05, 3.63) is 50.6 Å². The van der Waals surface area contributed by atoms with Crippen LogP contribution in [-0.4, -0.2) is 62.1 Å². The van der Waals surface area contributed by atoms with Crippen LogP contribution >= 0.6 is 52.1 Å². The molecular weight excluding hydrogens is 497 g/mol. The molecule has 0 aliphatic carbocycles. The highest BCUT2D eigenvalue weighted by atomic mass is 79.9. The number of nitrogens with one attached hydrogen (secondary N) is 1. The van der Waals surface area contributed by atoms with Crippen LogP contribution in [0.3, 0.4) is 0 Å². The molecule has 3 rings (SSSR count). The number of piperazine rings is 1. The molecule has 0 saturated carbocycles. The largest absolute Gasteiger partial charge is 0.497 e. The van der Waals surface area contributed by atoms with E-state index >= 15 is 0 Å². The van der Waals surface area contributed by atoms with E-state index in [2.05, 4.69) is 37.1 Å². The molecule has 1 fully saturated rings. The first-order valence-electron chi connectivity index (χ1n) is 9.20. The van der Waals surface area contributed by atoms with Gasteiger partial charge in [-0.1, -0.05) is 22.0 Å². The molecule has 0 unspecified atom stereocenters. The van der Waals surface area contributed by atoms with Crippen LogP contribution < -0.4 is 10.1 Å². The van der Waals surface area contributed by atoms with E-state index in [1.807, 2.05) is 29.6 Å². The fourth-order valence-electron chi connectivity index (χ4n) is 3.20. The molecule has 1 aromatic heterocycles. The summed E-state index contributed by atoms with van der Waals surface area (Å²) >= 11 is 5.26. The summed E-state index contributed by atoms with van der Waals surface area (Å²) in [5.74, 6) is 1.00. The molecule has 0 atom stereocenters. The molecule has 162 valence electrons. The van der Waals surface area contributed by atoms with Crippen LogP contribution in [0.15, 0.2) is 40.2 Å². The monoisotopic (exact) mass is 523 g/mol. The lowest BCUT2D eigenvalue weighted by Crippen LogP contribution is -2.48. The average molecular weight is 525 g/mol. The van der Waals surface area contributed by atoms with Crippen LogP contribution in [0.5, 0.6) is 5.75 Å². The van der Waals surface area contributed by atoms with Crippen LogP contribution in [0, 0.1) is 0 Å². The van der Waals surface area contributed by atoms with Crippen LogP contribution in [0.1, 0.15) is 10.4 Å². The van der Waals surface area contributed by atoms with Crippen molar-refractivity contribution in [3.8, 4) is 5.75 Å². The van der Waals surface area contributed by atoms with Crippen molar-refractivity contribution >= 4 is 58.0 Å². The van der Waals surface area contributed by atoms with Crippen molar-refractivity contribution in [1.29, 1.82) is 0 Å². The second-order valence-corrected chi connectivity index (χ2v) is 8.57. The number of carbonyl (C=O) groups excluding carboxylic acids is 1. The Morgan fingerprint density at radius 3 is 2.55 bits per heavy atom. The van der Waals surface area contributed by atoms with Gasteiger partial charge >= 0.3 is 0 Å². The van der Waals surface area contributed by atoms with E-state index < -0.39 is 0 Å². The normalized spacial score (nSPS) is 14.6. The maximum Gasteiger partial charge on any atom is 0.225 e. The Morgan fingerprint density at radius 2 is 1.90 bits per heavy atom. The van der Waals surface area contributed by atoms with Crippen molar-refractivity contribution in [3.63, 3.8) is 0 Å². The second kappa shape index (κ2) is 13.5. The van der Waals surface area contributed by atoms with Gasteiger partial charge in [0.15, 0.2) is 0 Å². The summed E-state index contributed by atoms with van der Waals surface area (Å²) in [4.78, 5) is 17.9. The summed E-state index contributed by atoms with van der Waals surface area (Å²) in [5, 5.41) is 5.04. The topological polar surface area (TPSA) is 44.8 Å². The van der Waals surface area contributed by atoms with Crippen LogP contribution in [-0.2, 0) is 17.8 Å². The molecule has 1 aliphatic rings. The van der Waals surface area contributed by atoms with Crippen molar-refractivity contribution in [2.45, 2.75) is 13.0 Å². The summed E-state index contributed by atoms with van der Waals surface area (Å²) in [6.07, 6.45) is 0.487. The van der Waals surface area contributed by atoms with Gasteiger partial charge in [0.25, 0.3) is 0 Å². The van der Waals surface area contributed by atoms with Crippen molar-refractivity contribution in [2.24, 2.45) is 0 Å². The molecule has 9 heteroatoms. The Labute approximate surface area is 197 Å². The molecule has 1 amide bonds. The Morgan fingerprint density at radius 1 is 1.17 bits per heavy atom. The predicted molar refractivity (Wildman–Crippen MR) is 128 cm³/mol. The molecule has 1 N–H and O–H groups in total. The number of methoxy groups -OCH3 is 1. The Hall–Kier alpha value is -0.830. The van der Waals surface area contributed by atoms with Crippen LogP contribution in [0.2, 0.25) is 0 Å². The lowest BCUT2D eigenvalue weighted by Gasteiger charge is -2.34. The second-order valence-electron chi connectivity index (χ2n) is 6.68. The number of halogens is 3. The number of amides is 1. The zero-order chi connectivity index (χ0) is 19.1. The third-order valence-electron chi connectivity index (χ3n) is 4.78. The fraction of sp³-hybridized carbons (Fsp3) is 0.450. The fourth-order valence-corrected chi connectivity index (χ4v) is 4.27. The number of hydrogen-bond donors (Lipinski definition) is 1. The van der Waals surface area contributed by atoms with E-state index in [0.717, 1.165) is 54.4 Å². The highest BCUT2D eigenvalue weighted by Crippen LogP contribution is 2.24.